The Bertz CT molecular complexity index is 860. The van der Waals surface area contributed by atoms with E-state index in [4.69, 9.17) is 0 Å². The molecule has 1 N–H and O–H groups in total. The molecule has 3 nitrogen and oxygen atoms in total. The molecule has 0 atom stereocenters. The van der Waals surface area contributed by atoms with Crippen LogP contribution in [0.25, 0.3) is 10.6 Å². The number of benzene rings is 2. The second-order valence-electron chi connectivity index (χ2n) is 5.53. The van der Waals surface area contributed by atoms with Crippen LogP contribution in [-0.4, -0.2) is 17.4 Å². The molecule has 3 aromatic rings. The van der Waals surface area contributed by atoms with Crippen molar-refractivity contribution in [3.05, 3.63) is 76.5 Å². The van der Waals surface area contributed by atoms with Gasteiger partial charge in [-0.15, -0.1) is 11.3 Å². The third-order valence-corrected chi connectivity index (χ3v) is 4.51. The second kappa shape index (κ2) is 7.36. The summed E-state index contributed by atoms with van der Waals surface area (Å²) in [6.45, 7) is 2.47. The van der Waals surface area contributed by atoms with Gasteiger partial charge in [0.25, 0.3) is 5.91 Å². The lowest BCUT2D eigenvalue weighted by atomic mass is 10.1. The van der Waals surface area contributed by atoms with Crippen molar-refractivity contribution >= 4 is 17.2 Å². The zero-order valence-corrected chi connectivity index (χ0v) is 14.1. The average molecular weight is 340 g/mol. The molecule has 3 rings (SSSR count). The Kier molecular flexibility index (Phi) is 5.01. The number of nitrogens with one attached hydrogen (secondary N) is 1. The molecule has 0 saturated carbocycles. The first kappa shape index (κ1) is 16.3. The number of thiazole rings is 1. The van der Waals surface area contributed by atoms with Crippen molar-refractivity contribution in [1.82, 2.24) is 10.3 Å². The Hall–Kier alpha value is -2.53. The number of nitrogens with zero attached hydrogens (tertiary/aromatic N) is 1. The fourth-order valence-corrected chi connectivity index (χ4v) is 3.22. The summed E-state index contributed by atoms with van der Waals surface area (Å²) in [6.07, 6.45) is 0.642. The SMILES string of the molecule is Cc1cccc(C(=O)NCCc2csc(-c3cccc(F)c3)n2)c1. The van der Waals surface area contributed by atoms with Crippen molar-refractivity contribution in [2.24, 2.45) is 0 Å². The minimum atomic E-state index is -0.269. The van der Waals surface area contributed by atoms with Gasteiger partial charge in [-0.25, -0.2) is 9.37 Å². The first-order chi connectivity index (χ1) is 11.6. The van der Waals surface area contributed by atoms with Gasteiger partial charge in [0.15, 0.2) is 0 Å². The number of aromatic nitrogens is 1. The summed E-state index contributed by atoms with van der Waals surface area (Å²) in [7, 11) is 0. The van der Waals surface area contributed by atoms with Gasteiger partial charge in [-0.2, -0.15) is 0 Å². The molecule has 0 aliphatic heterocycles. The molecule has 0 spiro atoms. The van der Waals surface area contributed by atoms with Gasteiger partial charge in [0.05, 0.1) is 5.69 Å². The van der Waals surface area contributed by atoms with E-state index in [1.807, 2.05) is 36.6 Å². The summed E-state index contributed by atoms with van der Waals surface area (Å²) in [5, 5.41) is 5.63. The number of aryl methyl sites for hydroxylation is 1. The standard InChI is InChI=1S/C19H17FN2OS/c1-13-4-2-5-14(10-13)18(23)21-9-8-17-12-24-19(22-17)15-6-3-7-16(20)11-15/h2-7,10-12H,8-9H2,1H3,(H,21,23). The molecule has 24 heavy (non-hydrogen) atoms. The molecule has 0 radical (unpaired) electrons. The summed E-state index contributed by atoms with van der Waals surface area (Å²) in [5.74, 6) is -0.353. The molecule has 1 heterocycles. The Morgan fingerprint density at radius 1 is 1.21 bits per heavy atom. The van der Waals surface area contributed by atoms with Crippen LogP contribution in [0.3, 0.4) is 0 Å². The maximum absolute atomic E-state index is 13.3. The van der Waals surface area contributed by atoms with E-state index >= 15 is 0 Å². The van der Waals surface area contributed by atoms with Crippen molar-refractivity contribution in [1.29, 1.82) is 0 Å². The quantitative estimate of drug-likeness (QED) is 0.755. The van der Waals surface area contributed by atoms with Crippen molar-refractivity contribution in [3.8, 4) is 10.6 Å². The number of carbonyl (C=O) groups excluding carboxylic acids is 1. The predicted octanol–water partition coefficient (Wildman–Crippen LogP) is 4.23. The van der Waals surface area contributed by atoms with Crippen LogP contribution in [0.2, 0.25) is 0 Å². The normalized spacial score (nSPS) is 10.6. The minimum Gasteiger partial charge on any atom is -0.352 e. The predicted molar refractivity (Wildman–Crippen MR) is 94.7 cm³/mol. The van der Waals surface area contributed by atoms with Gasteiger partial charge in [0, 0.05) is 29.5 Å². The fourth-order valence-electron chi connectivity index (χ4n) is 2.37. The van der Waals surface area contributed by atoms with E-state index in [-0.39, 0.29) is 11.7 Å². The van der Waals surface area contributed by atoms with Crippen molar-refractivity contribution < 1.29 is 9.18 Å². The van der Waals surface area contributed by atoms with E-state index in [1.165, 1.54) is 23.5 Å². The van der Waals surface area contributed by atoms with E-state index in [9.17, 15) is 9.18 Å². The van der Waals surface area contributed by atoms with Crippen LogP contribution < -0.4 is 5.32 Å². The van der Waals surface area contributed by atoms with Crippen LogP contribution in [0.5, 0.6) is 0 Å². The van der Waals surface area contributed by atoms with E-state index in [1.54, 1.807) is 12.1 Å². The van der Waals surface area contributed by atoms with E-state index in [0.29, 0.717) is 18.5 Å². The molecule has 0 unspecified atom stereocenters. The zero-order chi connectivity index (χ0) is 16.9. The largest absolute Gasteiger partial charge is 0.352 e. The highest BCUT2D eigenvalue weighted by atomic mass is 32.1. The molecule has 1 amide bonds. The van der Waals surface area contributed by atoms with E-state index < -0.39 is 0 Å². The number of rotatable bonds is 5. The maximum Gasteiger partial charge on any atom is 0.251 e. The van der Waals surface area contributed by atoms with Crippen LogP contribution in [0.4, 0.5) is 4.39 Å². The summed E-state index contributed by atoms with van der Waals surface area (Å²) in [4.78, 5) is 16.6. The fraction of sp³-hybridized carbons (Fsp3) is 0.158. The topological polar surface area (TPSA) is 42.0 Å². The summed E-state index contributed by atoms with van der Waals surface area (Å²) >= 11 is 1.48. The van der Waals surface area contributed by atoms with E-state index in [0.717, 1.165) is 21.8 Å². The van der Waals surface area contributed by atoms with Crippen molar-refractivity contribution in [2.45, 2.75) is 13.3 Å². The third kappa shape index (κ3) is 4.06. The molecule has 0 aliphatic carbocycles. The number of halogens is 1. The Balaban J connectivity index is 1.57. The molecular weight excluding hydrogens is 323 g/mol. The third-order valence-electron chi connectivity index (χ3n) is 3.57. The van der Waals surface area contributed by atoms with Crippen LogP contribution in [0.1, 0.15) is 21.6 Å². The highest BCUT2D eigenvalue weighted by Gasteiger charge is 2.08. The molecule has 5 heteroatoms. The smallest absolute Gasteiger partial charge is 0.251 e. The highest BCUT2D eigenvalue weighted by molar-refractivity contribution is 7.13. The molecule has 2 aromatic carbocycles. The Morgan fingerprint density at radius 2 is 2.04 bits per heavy atom. The van der Waals surface area contributed by atoms with Gasteiger partial charge in [0.1, 0.15) is 10.8 Å². The number of carbonyl (C=O) groups is 1. The molecule has 0 aliphatic rings. The summed E-state index contributed by atoms with van der Waals surface area (Å²) in [6, 6.07) is 13.9. The molecule has 0 bridgehead atoms. The van der Waals surface area contributed by atoms with Gasteiger partial charge < -0.3 is 5.32 Å². The monoisotopic (exact) mass is 340 g/mol. The van der Waals surface area contributed by atoms with Gasteiger partial charge >= 0.3 is 0 Å². The Morgan fingerprint density at radius 3 is 2.83 bits per heavy atom. The summed E-state index contributed by atoms with van der Waals surface area (Å²) < 4.78 is 13.3. The molecule has 0 fully saturated rings. The number of amides is 1. The second-order valence-corrected chi connectivity index (χ2v) is 6.39. The lowest BCUT2D eigenvalue weighted by Crippen LogP contribution is -2.25. The zero-order valence-electron chi connectivity index (χ0n) is 13.3. The minimum absolute atomic E-state index is 0.0840. The highest BCUT2D eigenvalue weighted by Crippen LogP contribution is 2.24. The molecule has 0 saturated heterocycles. The van der Waals surface area contributed by atoms with Crippen LogP contribution in [0, 0.1) is 12.7 Å². The van der Waals surface area contributed by atoms with Crippen molar-refractivity contribution in [2.75, 3.05) is 6.54 Å². The van der Waals surface area contributed by atoms with Gasteiger partial charge in [0.2, 0.25) is 0 Å². The van der Waals surface area contributed by atoms with E-state index in [2.05, 4.69) is 10.3 Å². The first-order valence-corrected chi connectivity index (χ1v) is 8.55. The first-order valence-electron chi connectivity index (χ1n) is 7.67. The molecular formula is C19H17FN2OS. The Labute approximate surface area is 144 Å². The number of hydrogen-bond donors (Lipinski definition) is 1. The van der Waals surface area contributed by atoms with Gasteiger partial charge in [-0.3, -0.25) is 4.79 Å². The van der Waals surface area contributed by atoms with Crippen LogP contribution >= 0.6 is 11.3 Å². The van der Waals surface area contributed by atoms with Crippen molar-refractivity contribution in [3.63, 3.8) is 0 Å². The van der Waals surface area contributed by atoms with Crippen LogP contribution in [0.15, 0.2) is 53.9 Å². The maximum atomic E-state index is 13.3. The lowest BCUT2D eigenvalue weighted by Gasteiger charge is -2.04. The van der Waals surface area contributed by atoms with Gasteiger partial charge in [-0.05, 0) is 31.2 Å². The molecule has 1 aromatic heterocycles. The number of hydrogen-bond acceptors (Lipinski definition) is 3. The average Bonchev–Trinajstić information content (AvgIpc) is 3.04. The molecule has 122 valence electrons. The summed E-state index contributed by atoms with van der Waals surface area (Å²) in [5.41, 5.74) is 3.38. The lowest BCUT2D eigenvalue weighted by molar-refractivity contribution is 0.0954. The van der Waals surface area contributed by atoms with Crippen LogP contribution in [-0.2, 0) is 6.42 Å². The van der Waals surface area contributed by atoms with Gasteiger partial charge in [-0.1, -0.05) is 29.8 Å².